The average molecular weight is 321 g/mol. The third-order valence-electron chi connectivity index (χ3n) is 3.64. The van der Waals surface area contributed by atoms with Gasteiger partial charge in [-0.25, -0.2) is 4.79 Å². The van der Waals surface area contributed by atoms with Gasteiger partial charge in [-0.05, 0) is 39.3 Å². The van der Waals surface area contributed by atoms with Gasteiger partial charge in [-0.1, -0.05) is 13.8 Å². The third kappa shape index (κ3) is 7.28. The summed E-state index contributed by atoms with van der Waals surface area (Å²) in [5.41, 5.74) is 0.511. The van der Waals surface area contributed by atoms with Crippen molar-refractivity contribution in [3.63, 3.8) is 0 Å². The molecule has 23 heavy (non-hydrogen) atoms. The summed E-state index contributed by atoms with van der Waals surface area (Å²) < 4.78 is 11.6. The zero-order valence-corrected chi connectivity index (χ0v) is 14.5. The number of hydrogen-bond donors (Lipinski definition) is 0. The number of benzene rings is 1. The minimum atomic E-state index is 0.511. The number of likely N-dealkylation sites (N-methyl/N-ethyl adjacent to an activating group) is 2. The molecule has 0 bridgehead atoms. The fraction of sp³-hybridized carbons (Fsp3) is 0.588. The van der Waals surface area contributed by atoms with E-state index in [0.717, 1.165) is 26.2 Å². The second-order valence-corrected chi connectivity index (χ2v) is 5.32. The number of isocyanates is 1. The molecule has 0 aliphatic carbocycles. The van der Waals surface area contributed by atoms with Gasteiger partial charge in [0, 0.05) is 19.2 Å². The molecule has 0 amide bonds. The van der Waals surface area contributed by atoms with E-state index in [1.165, 1.54) is 0 Å². The first-order valence-corrected chi connectivity index (χ1v) is 7.95. The van der Waals surface area contributed by atoms with Gasteiger partial charge < -0.3 is 19.3 Å². The molecule has 0 radical (unpaired) electrons. The van der Waals surface area contributed by atoms with Gasteiger partial charge in [0.2, 0.25) is 6.08 Å². The Morgan fingerprint density at radius 3 is 2.09 bits per heavy atom. The van der Waals surface area contributed by atoms with E-state index in [1.54, 1.807) is 24.3 Å². The molecule has 6 nitrogen and oxygen atoms in total. The second kappa shape index (κ2) is 10.8. The summed E-state index contributed by atoms with van der Waals surface area (Å²) in [4.78, 5) is 18.4. The molecule has 0 spiro atoms. The smallest absolute Gasteiger partial charge is 0.240 e. The predicted octanol–water partition coefficient (Wildman–Crippen LogP) is 2.31. The van der Waals surface area contributed by atoms with E-state index < -0.39 is 0 Å². The molecule has 0 aliphatic heterocycles. The van der Waals surface area contributed by atoms with Crippen LogP contribution in [-0.2, 0) is 4.79 Å². The van der Waals surface area contributed by atoms with Gasteiger partial charge in [0.25, 0.3) is 0 Å². The lowest BCUT2D eigenvalue weighted by atomic mass is 10.3. The number of ether oxygens (including phenoxy) is 2. The first-order valence-electron chi connectivity index (χ1n) is 7.95. The summed E-state index contributed by atoms with van der Waals surface area (Å²) in [5.74, 6) is 1.27. The summed E-state index contributed by atoms with van der Waals surface area (Å²) >= 11 is 0. The summed E-state index contributed by atoms with van der Waals surface area (Å²) in [6.07, 6.45) is 1.54. The van der Waals surface area contributed by atoms with Crippen LogP contribution in [-0.4, -0.2) is 69.4 Å². The van der Waals surface area contributed by atoms with E-state index in [0.29, 0.717) is 30.4 Å². The van der Waals surface area contributed by atoms with Crippen LogP contribution in [0.2, 0.25) is 0 Å². The zero-order chi connectivity index (χ0) is 17.1. The molecule has 0 heterocycles. The third-order valence-corrected chi connectivity index (χ3v) is 3.64. The maximum atomic E-state index is 10.4. The Kier molecular flexibility index (Phi) is 8.98. The molecule has 1 rings (SSSR count). The molecular weight excluding hydrogens is 294 g/mol. The van der Waals surface area contributed by atoms with Crippen LogP contribution in [0.1, 0.15) is 13.8 Å². The maximum absolute atomic E-state index is 10.4. The number of hydrogen-bond acceptors (Lipinski definition) is 6. The Hall–Kier alpha value is -1.88. The quantitative estimate of drug-likeness (QED) is 0.462. The Bertz CT molecular complexity index is 516. The second-order valence-electron chi connectivity index (χ2n) is 5.32. The van der Waals surface area contributed by atoms with Crippen LogP contribution in [0.4, 0.5) is 5.69 Å². The Labute approximate surface area is 138 Å². The first-order chi connectivity index (χ1) is 11.1. The van der Waals surface area contributed by atoms with E-state index >= 15 is 0 Å². The van der Waals surface area contributed by atoms with Crippen molar-refractivity contribution in [1.82, 2.24) is 9.80 Å². The van der Waals surface area contributed by atoms with E-state index in [2.05, 4.69) is 28.6 Å². The summed E-state index contributed by atoms with van der Waals surface area (Å²) in [6, 6.07) is 5.20. The lowest BCUT2D eigenvalue weighted by molar-refractivity contribution is 0.214. The van der Waals surface area contributed by atoms with E-state index in [4.69, 9.17) is 9.47 Å². The Balaban J connectivity index is 2.71. The molecule has 0 fully saturated rings. The SMILES string of the molecule is CCN(C)CCOc1ccc(N=C=O)cc1OCCN(C)CC. The van der Waals surface area contributed by atoms with Crippen molar-refractivity contribution >= 4 is 11.8 Å². The molecule has 0 aliphatic rings. The van der Waals surface area contributed by atoms with Crippen LogP contribution in [0.5, 0.6) is 11.5 Å². The van der Waals surface area contributed by atoms with Crippen LogP contribution >= 0.6 is 0 Å². The standard InChI is InChI=1S/C17H27N3O3/c1-5-19(3)9-11-22-16-8-7-15(18-14-21)13-17(16)23-12-10-20(4)6-2/h7-8,13H,5-6,9-12H2,1-4H3. The van der Waals surface area contributed by atoms with Gasteiger partial charge >= 0.3 is 0 Å². The normalized spacial score (nSPS) is 10.7. The van der Waals surface area contributed by atoms with E-state index in [9.17, 15) is 4.79 Å². The molecule has 0 N–H and O–H groups in total. The van der Waals surface area contributed by atoms with Crippen molar-refractivity contribution in [3.05, 3.63) is 18.2 Å². The Morgan fingerprint density at radius 2 is 1.57 bits per heavy atom. The molecular formula is C17H27N3O3. The maximum Gasteiger partial charge on any atom is 0.240 e. The van der Waals surface area contributed by atoms with Crippen LogP contribution in [0.25, 0.3) is 0 Å². The van der Waals surface area contributed by atoms with E-state index in [-0.39, 0.29) is 0 Å². The number of nitrogens with zero attached hydrogens (tertiary/aromatic N) is 3. The lowest BCUT2D eigenvalue weighted by Crippen LogP contribution is -2.24. The van der Waals surface area contributed by atoms with Gasteiger partial charge in [-0.3, -0.25) is 0 Å². The molecule has 128 valence electrons. The van der Waals surface area contributed by atoms with Crippen molar-refractivity contribution in [2.75, 3.05) is 53.5 Å². The predicted molar refractivity (Wildman–Crippen MR) is 91.6 cm³/mol. The average Bonchev–Trinajstić information content (AvgIpc) is 2.56. The van der Waals surface area contributed by atoms with Crippen molar-refractivity contribution in [2.45, 2.75) is 13.8 Å². The molecule has 0 saturated heterocycles. The zero-order valence-electron chi connectivity index (χ0n) is 14.5. The number of aliphatic imine (C=N–C) groups is 1. The van der Waals surface area contributed by atoms with Gasteiger partial charge in [0.05, 0.1) is 5.69 Å². The fourth-order valence-corrected chi connectivity index (χ4v) is 1.79. The van der Waals surface area contributed by atoms with Crippen LogP contribution in [0, 0.1) is 0 Å². The van der Waals surface area contributed by atoms with Crippen molar-refractivity contribution < 1.29 is 14.3 Å². The highest BCUT2D eigenvalue weighted by Crippen LogP contribution is 2.31. The summed E-state index contributed by atoms with van der Waals surface area (Å²) in [6.45, 7) is 8.91. The highest BCUT2D eigenvalue weighted by molar-refractivity contribution is 5.55. The van der Waals surface area contributed by atoms with E-state index in [1.807, 2.05) is 14.1 Å². The Morgan fingerprint density at radius 1 is 1.00 bits per heavy atom. The topological polar surface area (TPSA) is 54.4 Å². The molecule has 1 aromatic carbocycles. The highest BCUT2D eigenvalue weighted by Gasteiger charge is 2.08. The molecule has 0 unspecified atom stereocenters. The molecule has 6 heteroatoms. The van der Waals surface area contributed by atoms with Crippen LogP contribution in [0.15, 0.2) is 23.2 Å². The first kappa shape index (κ1) is 19.2. The molecule has 0 saturated carbocycles. The van der Waals surface area contributed by atoms with Crippen molar-refractivity contribution in [1.29, 1.82) is 0 Å². The largest absolute Gasteiger partial charge is 0.488 e. The number of carbonyl (C=O) groups excluding carboxylic acids is 1. The van der Waals surface area contributed by atoms with Gasteiger partial charge in [0.1, 0.15) is 13.2 Å². The monoisotopic (exact) mass is 321 g/mol. The fourth-order valence-electron chi connectivity index (χ4n) is 1.79. The minimum Gasteiger partial charge on any atom is -0.488 e. The van der Waals surface area contributed by atoms with Crippen molar-refractivity contribution in [2.24, 2.45) is 4.99 Å². The lowest BCUT2D eigenvalue weighted by Gasteiger charge is -2.18. The van der Waals surface area contributed by atoms with Crippen LogP contribution < -0.4 is 9.47 Å². The summed E-state index contributed by atoms with van der Waals surface area (Å²) in [7, 11) is 4.08. The minimum absolute atomic E-state index is 0.511. The highest BCUT2D eigenvalue weighted by atomic mass is 16.5. The molecule has 1 aromatic rings. The molecule has 0 atom stereocenters. The van der Waals surface area contributed by atoms with Crippen molar-refractivity contribution in [3.8, 4) is 11.5 Å². The van der Waals surface area contributed by atoms with Gasteiger partial charge in [-0.2, -0.15) is 4.99 Å². The van der Waals surface area contributed by atoms with Gasteiger partial charge in [0.15, 0.2) is 11.5 Å². The van der Waals surface area contributed by atoms with Crippen LogP contribution in [0.3, 0.4) is 0 Å². The number of rotatable bonds is 11. The summed E-state index contributed by atoms with van der Waals surface area (Å²) in [5, 5.41) is 0. The molecule has 0 aromatic heterocycles. The van der Waals surface area contributed by atoms with Gasteiger partial charge in [-0.15, -0.1) is 0 Å².